The Morgan fingerprint density at radius 1 is 1.00 bits per heavy atom. The van der Waals surface area contributed by atoms with Crippen molar-refractivity contribution in [1.82, 2.24) is 14.9 Å². The maximum absolute atomic E-state index is 12.8. The number of hydrogen-bond donors (Lipinski definition) is 2. The van der Waals surface area contributed by atoms with Gasteiger partial charge in [0.15, 0.2) is 0 Å². The molecule has 2 N–H and O–H groups in total. The van der Waals surface area contributed by atoms with Gasteiger partial charge in [0.05, 0.1) is 16.6 Å². The van der Waals surface area contributed by atoms with Crippen molar-refractivity contribution >= 4 is 16.9 Å². The number of imidazole rings is 1. The number of H-pyrrole nitrogens is 2. The fourth-order valence-electron chi connectivity index (χ4n) is 3.08. The summed E-state index contributed by atoms with van der Waals surface area (Å²) in [4.78, 5) is 31.5. The van der Waals surface area contributed by atoms with Gasteiger partial charge in [-0.25, -0.2) is 4.79 Å². The van der Waals surface area contributed by atoms with Crippen LogP contribution in [-0.4, -0.2) is 27.3 Å². The molecule has 5 heteroatoms. The van der Waals surface area contributed by atoms with E-state index in [0.717, 1.165) is 6.42 Å². The summed E-state index contributed by atoms with van der Waals surface area (Å²) in [6, 6.07) is 13.5. The Hall–Kier alpha value is -2.82. The summed E-state index contributed by atoms with van der Waals surface area (Å²) in [5.74, 6) is -0.0460. The number of nitrogens with one attached hydrogen (secondary N) is 2. The van der Waals surface area contributed by atoms with Crippen molar-refractivity contribution in [3.63, 3.8) is 0 Å². The molecule has 0 atom stereocenters. The Kier molecular flexibility index (Phi) is 2.85. The lowest BCUT2D eigenvalue weighted by Gasteiger charge is -2.29. The first-order chi connectivity index (χ1) is 10.7. The van der Waals surface area contributed by atoms with Crippen LogP contribution in [0.5, 0.6) is 0 Å². The van der Waals surface area contributed by atoms with E-state index in [4.69, 9.17) is 0 Å². The molecule has 0 bridgehead atoms. The van der Waals surface area contributed by atoms with Gasteiger partial charge in [0.2, 0.25) is 0 Å². The molecule has 1 aromatic heterocycles. The number of aromatic nitrogens is 2. The SMILES string of the molecule is O=C(c1cccc2[nH]c(=O)[nH]c12)N1CCc2ccccc2C1. The van der Waals surface area contributed by atoms with Gasteiger partial charge in [0, 0.05) is 13.1 Å². The number of aromatic amines is 2. The van der Waals surface area contributed by atoms with Crippen LogP contribution in [0.25, 0.3) is 11.0 Å². The van der Waals surface area contributed by atoms with Crippen molar-refractivity contribution in [2.24, 2.45) is 0 Å². The molecule has 0 saturated carbocycles. The molecule has 0 radical (unpaired) electrons. The maximum atomic E-state index is 12.8. The molecular weight excluding hydrogens is 278 g/mol. The van der Waals surface area contributed by atoms with Crippen molar-refractivity contribution in [1.29, 1.82) is 0 Å². The Bertz CT molecular complexity index is 923. The quantitative estimate of drug-likeness (QED) is 0.721. The number of carbonyl (C=O) groups excluding carboxylic acids is 1. The lowest BCUT2D eigenvalue weighted by atomic mass is 9.99. The molecule has 0 spiro atoms. The second-order valence-corrected chi connectivity index (χ2v) is 5.55. The van der Waals surface area contributed by atoms with E-state index in [9.17, 15) is 9.59 Å². The molecule has 110 valence electrons. The number of amides is 1. The molecule has 0 aliphatic carbocycles. The van der Waals surface area contributed by atoms with E-state index in [1.54, 1.807) is 18.2 Å². The molecule has 4 rings (SSSR count). The van der Waals surface area contributed by atoms with Crippen LogP contribution in [0.3, 0.4) is 0 Å². The van der Waals surface area contributed by atoms with E-state index in [0.29, 0.717) is 29.7 Å². The summed E-state index contributed by atoms with van der Waals surface area (Å²) < 4.78 is 0. The number of para-hydroxylation sites is 1. The molecule has 2 heterocycles. The summed E-state index contributed by atoms with van der Waals surface area (Å²) in [6.07, 6.45) is 0.863. The number of benzene rings is 2. The van der Waals surface area contributed by atoms with Crippen LogP contribution >= 0.6 is 0 Å². The first-order valence-corrected chi connectivity index (χ1v) is 7.29. The summed E-state index contributed by atoms with van der Waals surface area (Å²) in [5, 5.41) is 0. The average Bonchev–Trinajstić information content (AvgIpc) is 2.93. The van der Waals surface area contributed by atoms with Gasteiger partial charge in [-0.3, -0.25) is 4.79 Å². The van der Waals surface area contributed by atoms with E-state index in [1.807, 2.05) is 17.0 Å². The minimum absolute atomic E-state index is 0.0460. The zero-order valence-corrected chi connectivity index (χ0v) is 11.9. The molecule has 22 heavy (non-hydrogen) atoms. The first-order valence-electron chi connectivity index (χ1n) is 7.29. The minimum atomic E-state index is -0.292. The van der Waals surface area contributed by atoms with E-state index in [-0.39, 0.29) is 11.6 Å². The Balaban J connectivity index is 1.71. The van der Waals surface area contributed by atoms with Gasteiger partial charge >= 0.3 is 5.69 Å². The van der Waals surface area contributed by atoms with Gasteiger partial charge in [-0.1, -0.05) is 30.3 Å². The summed E-state index contributed by atoms with van der Waals surface area (Å²) >= 11 is 0. The second kappa shape index (κ2) is 4.87. The molecule has 2 aromatic carbocycles. The van der Waals surface area contributed by atoms with E-state index >= 15 is 0 Å². The monoisotopic (exact) mass is 293 g/mol. The number of carbonyl (C=O) groups is 1. The number of rotatable bonds is 1. The lowest BCUT2D eigenvalue weighted by molar-refractivity contribution is 0.0736. The van der Waals surface area contributed by atoms with Crippen molar-refractivity contribution < 1.29 is 4.79 Å². The van der Waals surface area contributed by atoms with E-state index in [1.165, 1.54) is 11.1 Å². The van der Waals surface area contributed by atoms with Gasteiger partial charge in [0.1, 0.15) is 0 Å². The van der Waals surface area contributed by atoms with Crippen LogP contribution in [0.15, 0.2) is 47.3 Å². The van der Waals surface area contributed by atoms with Gasteiger partial charge in [0.25, 0.3) is 5.91 Å². The Morgan fingerprint density at radius 3 is 2.68 bits per heavy atom. The Morgan fingerprint density at radius 2 is 1.82 bits per heavy atom. The molecular formula is C17H15N3O2. The molecule has 1 aliphatic rings. The zero-order valence-electron chi connectivity index (χ0n) is 11.9. The highest BCUT2D eigenvalue weighted by molar-refractivity contribution is 6.04. The van der Waals surface area contributed by atoms with Crippen molar-refractivity contribution in [2.75, 3.05) is 6.54 Å². The number of nitrogens with zero attached hydrogens (tertiary/aromatic N) is 1. The summed E-state index contributed by atoms with van der Waals surface area (Å²) in [7, 11) is 0. The first kappa shape index (κ1) is 12.9. The highest BCUT2D eigenvalue weighted by atomic mass is 16.2. The third kappa shape index (κ3) is 2.02. The minimum Gasteiger partial charge on any atom is -0.334 e. The topological polar surface area (TPSA) is 69.0 Å². The fourth-order valence-corrected chi connectivity index (χ4v) is 3.08. The maximum Gasteiger partial charge on any atom is 0.323 e. The van der Waals surface area contributed by atoms with E-state index < -0.39 is 0 Å². The zero-order chi connectivity index (χ0) is 15.1. The van der Waals surface area contributed by atoms with Gasteiger partial charge < -0.3 is 14.9 Å². The smallest absolute Gasteiger partial charge is 0.323 e. The Labute approximate surface area is 126 Å². The largest absolute Gasteiger partial charge is 0.334 e. The van der Waals surface area contributed by atoms with Crippen LogP contribution in [0.1, 0.15) is 21.5 Å². The van der Waals surface area contributed by atoms with Crippen LogP contribution in [0.2, 0.25) is 0 Å². The third-order valence-corrected chi connectivity index (χ3v) is 4.20. The predicted octanol–water partition coefficient (Wildman–Crippen LogP) is 2.05. The fraction of sp³-hybridized carbons (Fsp3) is 0.176. The number of hydrogen-bond acceptors (Lipinski definition) is 2. The predicted molar refractivity (Wildman–Crippen MR) is 83.8 cm³/mol. The van der Waals surface area contributed by atoms with Crippen LogP contribution in [-0.2, 0) is 13.0 Å². The normalized spacial score (nSPS) is 14.1. The third-order valence-electron chi connectivity index (χ3n) is 4.20. The van der Waals surface area contributed by atoms with Crippen molar-refractivity contribution in [3.05, 3.63) is 69.6 Å². The van der Waals surface area contributed by atoms with Gasteiger partial charge in [-0.05, 0) is 29.7 Å². The molecule has 1 aliphatic heterocycles. The summed E-state index contributed by atoms with van der Waals surface area (Å²) in [6.45, 7) is 1.31. The van der Waals surface area contributed by atoms with Gasteiger partial charge in [-0.15, -0.1) is 0 Å². The second-order valence-electron chi connectivity index (χ2n) is 5.55. The molecule has 5 nitrogen and oxygen atoms in total. The van der Waals surface area contributed by atoms with Crippen molar-refractivity contribution in [2.45, 2.75) is 13.0 Å². The molecule has 0 unspecified atom stereocenters. The molecule has 0 saturated heterocycles. The van der Waals surface area contributed by atoms with Crippen molar-refractivity contribution in [3.8, 4) is 0 Å². The average molecular weight is 293 g/mol. The van der Waals surface area contributed by atoms with Crippen LogP contribution in [0, 0.1) is 0 Å². The van der Waals surface area contributed by atoms with Gasteiger partial charge in [-0.2, -0.15) is 0 Å². The highest BCUT2D eigenvalue weighted by Crippen LogP contribution is 2.22. The van der Waals surface area contributed by atoms with E-state index in [2.05, 4.69) is 22.1 Å². The summed E-state index contributed by atoms with van der Waals surface area (Å²) in [5.41, 5.74) is 3.98. The lowest BCUT2D eigenvalue weighted by Crippen LogP contribution is -2.36. The molecule has 0 fully saturated rings. The van der Waals surface area contributed by atoms with Crippen LogP contribution < -0.4 is 5.69 Å². The van der Waals surface area contributed by atoms with Crippen LogP contribution in [0.4, 0.5) is 0 Å². The molecule has 1 amide bonds. The molecule has 3 aromatic rings. The number of fused-ring (bicyclic) bond motifs is 2. The standard InChI is InChI=1S/C17H15N3O2/c21-16(13-6-3-7-14-15(13)19-17(22)18-14)20-9-8-11-4-1-2-5-12(11)10-20/h1-7H,8-10H2,(H2,18,19,22). The highest BCUT2D eigenvalue weighted by Gasteiger charge is 2.23.